The van der Waals surface area contributed by atoms with Crippen molar-refractivity contribution in [1.82, 2.24) is 4.57 Å². The summed E-state index contributed by atoms with van der Waals surface area (Å²) in [6, 6.07) is 2.89. The highest BCUT2D eigenvalue weighted by Crippen LogP contribution is 2.39. The lowest BCUT2D eigenvalue weighted by molar-refractivity contribution is -0.172. The van der Waals surface area contributed by atoms with Gasteiger partial charge >= 0.3 is 5.97 Å². The van der Waals surface area contributed by atoms with Crippen LogP contribution in [-0.4, -0.2) is 27.3 Å². The minimum absolute atomic E-state index is 0.00788. The number of allylic oxidation sites excluding steroid dienone is 1. The zero-order valence-corrected chi connectivity index (χ0v) is 16.0. The smallest absolute Gasteiger partial charge is 0.343 e. The number of anilines is 1. The van der Waals surface area contributed by atoms with Crippen LogP contribution in [0.3, 0.4) is 0 Å². The summed E-state index contributed by atoms with van der Waals surface area (Å²) >= 11 is 0. The molecule has 4 heterocycles. The molecule has 1 aromatic carbocycles. The van der Waals surface area contributed by atoms with Crippen LogP contribution in [0, 0.1) is 11.6 Å². The standard InChI is InChI=1S/C21H14F2N2O6/c1-2-21(30)11-4-15-17(26)9(6-25(15)19(28)10(11)7-31-20(21)29)16-8-3-12(22)13(23)5-14(8)24-18(16)27/h3-5,30H,2,6-7H2,1H3,(H,24,27)/b16-9+. The van der Waals surface area contributed by atoms with E-state index in [2.05, 4.69) is 5.32 Å². The molecule has 1 unspecified atom stereocenters. The van der Waals surface area contributed by atoms with Gasteiger partial charge in [-0.25, -0.2) is 13.6 Å². The van der Waals surface area contributed by atoms with E-state index in [1.54, 1.807) is 0 Å². The number of fused-ring (bicyclic) bond motifs is 3. The van der Waals surface area contributed by atoms with Gasteiger partial charge in [-0.05, 0) is 18.6 Å². The number of carbonyl (C=O) groups excluding carboxylic acids is 3. The van der Waals surface area contributed by atoms with Gasteiger partial charge in [-0.15, -0.1) is 0 Å². The number of rotatable bonds is 1. The maximum absolute atomic E-state index is 13.8. The maximum Gasteiger partial charge on any atom is 0.343 e. The van der Waals surface area contributed by atoms with Gasteiger partial charge in [0.2, 0.25) is 5.78 Å². The number of esters is 1. The molecule has 8 nitrogen and oxygen atoms in total. The van der Waals surface area contributed by atoms with Crippen LogP contribution in [-0.2, 0) is 33.1 Å². The summed E-state index contributed by atoms with van der Waals surface area (Å²) in [7, 11) is 0. The molecule has 2 N–H and O–H groups in total. The van der Waals surface area contributed by atoms with E-state index in [1.165, 1.54) is 13.0 Å². The Morgan fingerprint density at radius 1 is 1.16 bits per heavy atom. The number of benzene rings is 1. The van der Waals surface area contributed by atoms with Crippen LogP contribution < -0.4 is 10.9 Å². The fourth-order valence-electron chi connectivity index (χ4n) is 4.29. The number of amides is 1. The molecule has 0 saturated heterocycles. The van der Waals surface area contributed by atoms with Crippen molar-refractivity contribution < 1.29 is 33.0 Å². The van der Waals surface area contributed by atoms with Crippen molar-refractivity contribution in [2.75, 3.05) is 5.32 Å². The summed E-state index contributed by atoms with van der Waals surface area (Å²) in [6.45, 7) is 0.896. The Morgan fingerprint density at radius 2 is 1.87 bits per heavy atom. The molecule has 1 amide bonds. The van der Waals surface area contributed by atoms with Crippen LogP contribution in [0.4, 0.5) is 14.5 Å². The molecule has 0 spiro atoms. The van der Waals surface area contributed by atoms with E-state index in [0.717, 1.165) is 16.7 Å². The number of cyclic esters (lactones) is 1. The van der Waals surface area contributed by atoms with Crippen LogP contribution in [0.15, 0.2) is 28.6 Å². The van der Waals surface area contributed by atoms with E-state index in [1.807, 2.05) is 0 Å². The zero-order valence-electron chi connectivity index (χ0n) is 16.0. The molecular weight excluding hydrogens is 414 g/mol. The number of halogens is 2. The molecule has 1 aromatic heterocycles. The molecule has 0 aliphatic carbocycles. The van der Waals surface area contributed by atoms with Gasteiger partial charge in [0.1, 0.15) is 6.61 Å². The van der Waals surface area contributed by atoms with Crippen molar-refractivity contribution in [3.63, 3.8) is 0 Å². The quantitative estimate of drug-likeness (QED) is 0.524. The van der Waals surface area contributed by atoms with E-state index in [0.29, 0.717) is 0 Å². The van der Waals surface area contributed by atoms with E-state index >= 15 is 0 Å². The van der Waals surface area contributed by atoms with Crippen LogP contribution >= 0.6 is 0 Å². The lowest BCUT2D eigenvalue weighted by Crippen LogP contribution is -2.44. The van der Waals surface area contributed by atoms with Crippen molar-refractivity contribution in [3.05, 3.63) is 68.1 Å². The van der Waals surface area contributed by atoms with Crippen molar-refractivity contribution in [3.8, 4) is 0 Å². The Labute approximate surface area is 172 Å². The van der Waals surface area contributed by atoms with Gasteiger partial charge in [0.15, 0.2) is 17.2 Å². The van der Waals surface area contributed by atoms with Gasteiger partial charge in [-0.2, -0.15) is 0 Å². The first-order chi connectivity index (χ1) is 14.7. The first-order valence-electron chi connectivity index (χ1n) is 9.42. The van der Waals surface area contributed by atoms with E-state index in [4.69, 9.17) is 4.74 Å². The lowest BCUT2D eigenvalue weighted by Gasteiger charge is -2.31. The Bertz CT molecular complexity index is 1340. The number of aliphatic hydroxyl groups is 1. The van der Waals surface area contributed by atoms with Gasteiger partial charge in [-0.1, -0.05) is 6.92 Å². The van der Waals surface area contributed by atoms with Gasteiger partial charge in [0.05, 0.1) is 29.1 Å². The number of ether oxygens (including phenoxy) is 1. The second kappa shape index (κ2) is 6.17. The molecule has 31 heavy (non-hydrogen) atoms. The summed E-state index contributed by atoms with van der Waals surface area (Å²) in [5.41, 5.74) is -3.00. The summed E-state index contributed by atoms with van der Waals surface area (Å²) in [6.07, 6.45) is -0.0789. The third-order valence-corrected chi connectivity index (χ3v) is 5.97. The van der Waals surface area contributed by atoms with Crippen LogP contribution in [0.5, 0.6) is 0 Å². The highest BCUT2D eigenvalue weighted by molar-refractivity contribution is 6.37. The molecule has 2 aromatic rings. The highest BCUT2D eigenvalue weighted by atomic mass is 19.2. The second-order valence-electron chi connectivity index (χ2n) is 7.55. The molecule has 3 aliphatic rings. The van der Waals surface area contributed by atoms with Crippen molar-refractivity contribution >= 4 is 28.9 Å². The average Bonchev–Trinajstić information content (AvgIpc) is 3.22. The van der Waals surface area contributed by atoms with E-state index < -0.39 is 40.5 Å². The molecule has 0 saturated carbocycles. The lowest BCUT2D eigenvalue weighted by atomic mass is 9.86. The van der Waals surface area contributed by atoms with Gasteiger partial charge in [0.25, 0.3) is 11.5 Å². The van der Waals surface area contributed by atoms with Gasteiger partial charge < -0.3 is 19.7 Å². The summed E-state index contributed by atoms with van der Waals surface area (Å²) in [5.74, 6) is -4.67. The Kier molecular flexibility index (Phi) is 3.85. The normalized spacial score (nSPS) is 23.9. The third kappa shape index (κ3) is 2.42. The summed E-state index contributed by atoms with van der Waals surface area (Å²) < 4.78 is 33.4. The Morgan fingerprint density at radius 3 is 2.58 bits per heavy atom. The van der Waals surface area contributed by atoms with Crippen molar-refractivity contribution in [2.45, 2.75) is 32.1 Å². The molecule has 3 aliphatic heterocycles. The first-order valence-corrected chi connectivity index (χ1v) is 9.42. The molecule has 0 fully saturated rings. The third-order valence-electron chi connectivity index (χ3n) is 5.97. The molecule has 1 atom stereocenters. The number of pyridine rings is 1. The minimum atomic E-state index is -2.07. The number of ketones is 1. The zero-order chi connectivity index (χ0) is 22.2. The molecule has 158 valence electrons. The molecular formula is C21H14F2N2O6. The topological polar surface area (TPSA) is 115 Å². The number of nitrogens with one attached hydrogen (secondary N) is 1. The van der Waals surface area contributed by atoms with Crippen molar-refractivity contribution in [2.24, 2.45) is 0 Å². The van der Waals surface area contributed by atoms with Gasteiger partial charge in [0, 0.05) is 22.8 Å². The fourth-order valence-corrected chi connectivity index (χ4v) is 4.29. The SMILES string of the molecule is CCC1(O)C(=O)OCc2c1cc1n(c2=O)C/C(=C2\C(=O)Nc3cc(F)c(F)cc32)C1=O. The number of hydrogen-bond acceptors (Lipinski definition) is 6. The monoisotopic (exact) mass is 428 g/mol. The van der Waals surface area contributed by atoms with Crippen LogP contribution in [0.1, 0.15) is 40.5 Å². The maximum atomic E-state index is 13.8. The average molecular weight is 428 g/mol. The summed E-state index contributed by atoms with van der Waals surface area (Å²) in [5, 5.41) is 13.2. The molecule has 10 heteroatoms. The van der Waals surface area contributed by atoms with Crippen LogP contribution in [0.2, 0.25) is 0 Å². The summed E-state index contributed by atoms with van der Waals surface area (Å²) in [4.78, 5) is 50.8. The fraction of sp³-hybridized carbons (Fsp3) is 0.238. The van der Waals surface area contributed by atoms with Crippen LogP contribution in [0.25, 0.3) is 5.57 Å². The predicted octanol–water partition coefficient (Wildman–Crippen LogP) is 1.38. The first kappa shape index (κ1) is 19.3. The Balaban J connectivity index is 1.72. The number of Topliss-reactive ketones (excluding diaryl/α,β-unsaturated/α-hetero) is 1. The number of hydrogen-bond donors (Lipinski definition) is 2. The number of carbonyl (C=O) groups is 3. The highest BCUT2D eigenvalue weighted by Gasteiger charge is 2.46. The molecule has 0 radical (unpaired) electrons. The van der Waals surface area contributed by atoms with E-state index in [9.17, 15) is 33.1 Å². The molecule has 5 rings (SSSR count). The van der Waals surface area contributed by atoms with Crippen molar-refractivity contribution in [1.29, 1.82) is 0 Å². The second-order valence-corrected chi connectivity index (χ2v) is 7.55. The van der Waals surface area contributed by atoms with Gasteiger partial charge in [-0.3, -0.25) is 14.4 Å². The minimum Gasteiger partial charge on any atom is -0.458 e. The molecule has 0 bridgehead atoms. The number of aromatic nitrogens is 1. The predicted molar refractivity (Wildman–Crippen MR) is 101 cm³/mol. The Hall–Kier alpha value is -3.66. The number of nitrogens with zero attached hydrogens (tertiary/aromatic N) is 1. The largest absolute Gasteiger partial charge is 0.458 e. The van der Waals surface area contributed by atoms with E-state index in [-0.39, 0.29) is 58.8 Å².